The summed E-state index contributed by atoms with van der Waals surface area (Å²) in [5.41, 5.74) is 4.88. The molecule has 25 heavy (non-hydrogen) atoms. The molecule has 1 aromatic carbocycles. The van der Waals surface area contributed by atoms with Crippen LogP contribution in [-0.2, 0) is 0 Å². The predicted molar refractivity (Wildman–Crippen MR) is 108 cm³/mol. The summed E-state index contributed by atoms with van der Waals surface area (Å²) in [5, 5.41) is 5.23. The Labute approximate surface area is 153 Å². The van der Waals surface area contributed by atoms with Crippen molar-refractivity contribution in [2.24, 2.45) is 0 Å². The van der Waals surface area contributed by atoms with E-state index in [1.165, 1.54) is 4.88 Å². The van der Waals surface area contributed by atoms with Gasteiger partial charge >= 0.3 is 0 Å². The predicted octanol–water partition coefficient (Wildman–Crippen LogP) is 4.81. The van der Waals surface area contributed by atoms with Crippen molar-refractivity contribution in [3.05, 3.63) is 59.4 Å². The summed E-state index contributed by atoms with van der Waals surface area (Å²) in [6.07, 6.45) is 1.99. The van der Waals surface area contributed by atoms with Gasteiger partial charge in [-0.05, 0) is 29.0 Å². The lowest BCUT2D eigenvalue weighted by molar-refractivity contribution is 1.32. The van der Waals surface area contributed by atoms with Gasteiger partial charge < -0.3 is 9.97 Å². The van der Waals surface area contributed by atoms with Crippen LogP contribution in [0.3, 0.4) is 0 Å². The van der Waals surface area contributed by atoms with E-state index in [0.29, 0.717) is 0 Å². The summed E-state index contributed by atoms with van der Waals surface area (Å²) < 4.78 is 0. The van der Waals surface area contributed by atoms with Crippen molar-refractivity contribution in [1.29, 1.82) is 0 Å². The fraction of sp³-hybridized carbons (Fsp3) is 0. The maximum atomic E-state index is 5.98. The van der Waals surface area contributed by atoms with Gasteiger partial charge in [0.05, 0.1) is 15.4 Å². The molecular formula is C19H12BN3S2. The first kappa shape index (κ1) is 14.8. The molecular weight excluding hydrogens is 345 g/mol. The number of aromatic amines is 2. The number of fused-ring (bicyclic) bond motifs is 1. The maximum absolute atomic E-state index is 5.98. The molecule has 0 aliphatic heterocycles. The number of benzene rings is 1. The number of H-pyrrole nitrogens is 2. The van der Waals surface area contributed by atoms with E-state index in [1.807, 2.05) is 24.4 Å². The number of thiophene rings is 2. The van der Waals surface area contributed by atoms with Crippen LogP contribution in [-0.4, -0.2) is 22.8 Å². The van der Waals surface area contributed by atoms with Crippen LogP contribution in [0.1, 0.15) is 0 Å². The summed E-state index contributed by atoms with van der Waals surface area (Å²) in [6, 6.07) is 14.2. The third-order valence-corrected chi connectivity index (χ3v) is 5.95. The van der Waals surface area contributed by atoms with Gasteiger partial charge in [0.15, 0.2) is 0 Å². The second kappa shape index (κ2) is 5.76. The van der Waals surface area contributed by atoms with E-state index >= 15 is 0 Å². The van der Waals surface area contributed by atoms with Gasteiger partial charge in [-0.15, -0.1) is 22.7 Å². The number of hydrogen-bond acceptors (Lipinski definition) is 3. The minimum absolute atomic E-state index is 0.747. The van der Waals surface area contributed by atoms with Crippen LogP contribution in [0, 0.1) is 0 Å². The highest BCUT2D eigenvalue weighted by atomic mass is 32.1. The average molecular weight is 357 g/mol. The van der Waals surface area contributed by atoms with Gasteiger partial charge in [0, 0.05) is 22.7 Å². The smallest absolute Gasteiger partial charge is 0.140 e. The molecule has 6 heteroatoms. The molecule has 0 amide bonds. The SMILES string of the molecule is [B]c1ccc2[nH]cc(-c3nc(-c4cccs4)c(-c4cccs4)[nH]3)c2c1. The number of rotatable bonds is 3. The van der Waals surface area contributed by atoms with Crippen molar-refractivity contribution in [3.8, 4) is 32.5 Å². The third kappa shape index (κ3) is 2.45. The van der Waals surface area contributed by atoms with E-state index in [2.05, 4.69) is 45.0 Å². The van der Waals surface area contributed by atoms with Crippen molar-refractivity contribution in [3.63, 3.8) is 0 Å². The Morgan fingerprint density at radius 3 is 2.52 bits per heavy atom. The highest BCUT2D eigenvalue weighted by Gasteiger charge is 2.18. The van der Waals surface area contributed by atoms with E-state index in [4.69, 9.17) is 12.8 Å². The minimum atomic E-state index is 0.747. The molecule has 4 aromatic heterocycles. The van der Waals surface area contributed by atoms with E-state index in [9.17, 15) is 0 Å². The average Bonchev–Trinajstić information content (AvgIpc) is 3.37. The highest BCUT2D eigenvalue weighted by molar-refractivity contribution is 7.14. The van der Waals surface area contributed by atoms with Gasteiger partial charge in [-0.1, -0.05) is 29.7 Å². The zero-order chi connectivity index (χ0) is 16.8. The number of imidazole rings is 1. The number of hydrogen-bond donors (Lipinski definition) is 2. The number of nitrogens with zero attached hydrogens (tertiary/aromatic N) is 1. The van der Waals surface area contributed by atoms with E-state index in [0.717, 1.165) is 44.0 Å². The monoisotopic (exact) mass is 357 g/mol. The van der Waals surface area contributed by atoms with Gasteiger partial charge in [-0.2, -0.15) is 0 Å². The van der Waals surface area contributed by atoms with Crippen molar-refractivity contribution in [1.82, 2.24) is 15.0 Å². The molecule has 118 valence electrons. The molecule has 3 nitrogen and oxygen atoms in total. The standard InChI is InChI=1S/C19H12BN3S2/c20-11-5-6-14-12(9-11)13(10-21-14)19-22-17(15-3-1-7-24-15)18(23-19)16-4-2-8-25-16/h1-10,21H,(H,22,23). The molecule has 0 fully saturated rings. The van der Waals surface area contributed by atoms with Crippen molar-refractivity contribution < 1.29 is 0 Å². The third-order valence-electron chi connectivity index (χ3n) is 4.19. The Morgan fingerprint density at radius 2 is 1.76 bits per heavy atom. The van der Waals surface area contributed by atoms with Gasteiger partial charge in [0.25, 0.3) is 0 Å². The van der Waals surface area contributed by atoms with E-state index < -0.39 is 0 Å². The fourth-order valence-corrected chi connectivity index (χ4v) is 4.47. The van der Waals surface area contributed by atoms with Gasteiger partial charge in [-0.3, -0.25) is 0 Å². The molecule has 0 spiro atoms. The lowest BCUT2D eigenvalue weighted by atomic mass is 9.94. The second-order valence-corrected chi connectivity index (χ2v) is 7.67. The topological polar surface area (TPSA) is 44.5 Å². The van der Waals surface area contributed by atoms with Crippen molar-refractivity contribution in [2.45, 2.75) is 0 Å². The van der Waals surface area contributed by atoms with Crippen LogP contribution >= 0.6 is 22.7 Å². The number of aromatic nitrogens is 3. The van der Waals surface area contributed by atoms with Crippen LogP contribution in [0.15, 0.2) is 59.4 Å². The molecule has 4 heterocycles. The summed E-state index contributed by atoms with van der Waals surface area (Å²) in [6.45, 7) is 0. The van der Waals surface area contributed by atoms with E-state index in [1.54, 1.807) is 22.7 Å². The Bertz CT molecular complexity index is 1100. The second-order valence-electron chi connectivity index (χ2n) is 5.77. The van der Waals surface area contributed by atoms with Gasteiger partial charge in [0.1, 0.15) is 19.4 Å². The molecule has 0 bridgehead atoms. The van der Waals surface area contributed by atoms with Crippen molar-refractivity contribution >= 4 is 46.9 Å². The zero-order valence-corrected chi connectivity index (χ0v) is 14.7. The fourth-order valence-electron chi connectivity index (χ4n) is 3.03. The molecule has 0 aliphatic carbocycles. The molecule has 0 saturated carbocycles. The molecule has 5 aromatic rings. The van der Waals surface area contributed by atoms with E-state index in [-0.39, 0.29) is 0 Å². The van der Waals surface area contributed by atoms with Crippen LogP contribution in [0.5, 0.6) is 0 Å². The lowest BCUT2D eigenvalue weighted by Gasteiger charge is -1.97. The first-order valence-corrected chi connectivity index (χ1v) is 9.60. The summed E-state index contributed by atoms with van der Waals surface area (Å²) in [7, 11) is 5.98. The molecule has 0 saturated heterocycles. The molecule has 2 radical (unpaired) electrons. The van der Waals surface area contributed by atoms with Gasteiger partial charge in [0.2, 0.25) is 0 Å². The summed E-state index contributed by atoms with van der Waals surface area (Å²) in [5.74, 6) is 0.851. The summed E-state index contributed by atoms with van der Waals surface area (Å²) in [4.78, 5) is 14.1. The van der Waals surface area contributed by atoms with Crippen LogP contribution < -0.4 is 5.46 Å². The Kier molecular flexibility index (Phi) is 3.40. The van der Waals surface area contributed by atoms with Gasteiger partial charge in [-0.25, -0.2) is 4.98 Å². The Hall–Kier alpha value is -2.57. The molecule has 0 aliphatic rings. The normalized spacial score (nSPS) is 11.4. The molecule has 5 rings (SSSR count). The molecule has 0 atom stereocenters. The van der Waals surface area contributed by atoms with Crippen LogP contribution in [0.4, 0.5) is 0 Å². The summed E-state index contributed by atoms with van der Waals surface area (Å²) >= 11 is 3.41. The Balaban J connectivity index is 1.74. The van der Waals surface area contributed by atoms with Crippen LogP contribution in [0.2, 0.25) is 0 Å². The zero-order valence-electron chi connectivity index (χ0n) is 13.1. The lowest BCUT2D eigenvalue weighted by Crippen LogP contribution is -1.99. The molecule has 2 N–H and O–H groups in total. The first-order chi connectivity index (χ1) is 12.3. The molecule has 0 unspecified atom stereocenters. The van der Waals surface area contributed by atoms with Crippen molar-refractivity contribution in [2.75, 3.05) is 0 Å². The highest BCUT2D eigenvalue weighted by Crippen LogP contribution is 2.38. The Morgan fingerprint density at radius 1 is 0.960 bits per heavy atom. The maximum Gasteiger partial charge on any atom is 0.140 e. The number of nitrogens with one attached hydrogen (secondary N) is 2. The largest absolute Gasteiger partial charge is 0.360 e. The minimum Gasteiger partial charge on any atom is -0.360 e. The van der Waals surface area contributed by atoms with Crippen LogP contribution in [0.25, 0.3) is 43.4 Å². The quantitative estimate of drug-likeness (QED) is 0.447. The first-order valence-electron chi connectivity index (χ1n) is 7.84.